The topological polar surface area (TPSA) is 79.0 Å². The highest BCUT2D eigenvalue weighted by atomic mass is 32.2. The Labute approximate surface area is 134 Å². The van der Waals surface area contributed by atoms with E-state index in [4.69, 9.17) is 4.74 Å². The number of carbonyl (C=O) groups is 1. The zero-order chi connectivity index (χ0) is 17.0. The summed E-state index contributed by atoms with van der Waals surface area (Å²) in [6.45, 7) is 10.7. The Morgan fingerprint density at radius 3 is 2.41 bits per heavy atom. The zero-order valence-corrected chi connectivity index (χ0v) is 15.1. The van der Waals surface area contributed by atoms with Crippen molar-refractivity contribution in [2.24, 2.45) is 0 Å². The van der Waals surface area contributed by atoms with Crippen molar-refractivity contribution >= 4 is 16.3 Å². The highest BCUT2D eigenvalue weighted by molar-refractivity contribution is 7.87. The maximum Gasteiger partial charge on any atom is 0.410 e. The summed E-state index contributed by atoms with van der Waals surface area (Å²) in [4.78, 5) is 13.8. The van der Waals surface area contributed by atoms with E-state index in [-0.39, 0.29) is 18.7 Å². The minimum Gasteiger partial charge on any atom is -0.444 e. The molecule has 0 aromatic heterocycles. The summed E-state index contributed by atoms with van der Waals surface area (Å²) in [5.74, 6) is 0. The molecule has 22 heavy (non-hydrogen) atoms. The molecule has 8 heteroatoms. The van der Waals surface area contributed by atoms with Crippen LogP contribution in [0.1, 0.15) is 47.5 Å². The molecule has 0 aromatic carbocycles. The van der Waals surface area contributed by atoms with Crippen LogP contribution in [0.5, 0.6) is 0 Å². The van der Waals surface area contributed by atoms with Crippen LogP contribution in [0, 0.1) is 0 Å². The molecule has 0 radical (unpaired) electrons. The molecule has 1 heterocycles. The normalized spacial score (nSPS) is 19.7. The first kappa shape index (κ1) is 19.2. The molecule has 1 saturated heterocycles. The predicted octanol–water partition coefficient (Wildman–Crippen LogP) is 1.56. The maximum absolute atomic E-state index is 12.2. The molecule has 0 aromatic rings. The second kappa shape index (κ2) is 7.61. The third-order valence-electron chi connectivity index (χ3n) is 3.55. The lowest BCUT2D eigenvalue weighted by molar-refractivity contribution is 0.0229. The summed E-state index contributed by atoms with van der Waals surface area (Å²) in [5, 5.41) is 0. The van der Waals surface area contributed by atoms with Crippen molar-refractivity contribution in [2.45, 2.75) is 59.1 Å². The van der Waals surface area contributed by atoms with Crippen LogP contribution < -0.4 is 4.72 Å². The molecule has 0 aliphatic carbocycles. The number of hydrogen-bond acceptors (Lipinski definition) is 4. The van der Waals surface area contributed by atoms with E-state index in [0.717, 1.165) is 12.8 Å². The molecule has 0 bridgehead atoms. The van der Waals surface area contributed by atoms with E-state index in [1.165, 1.54) is 4.31 Å². The van der Waals surface area contributed by atoms with E-state index >= 15 is 0 Å². The number of nitrogens with one attached hydrogen (secondary N) is 1. The van der Waals surface area contributed by atoms with Gasteiger partial charge in [0.05, 0.1) is 0 Å². The minimum atomic E-state index is -3.49. The summed E-state index contributed by atoms with van der Waals surface area (Å²) in [6, 6.07) is -0.153. The minimum absolute atomic E-state index is 0.153. The van der Waals surface area contributed by atoms with E-state index in [1.807, 2.05) is 20.8 Å². The van der Waals surface area contributed by atoms with Crippen LogP contribution in [0.2, 0.25) is 0 Å². The first-order valence-corrected chi connectivity index (χ1v) is 9.29. The van der Waals surface area contributed by atoms with Gasteiger partial charge in [0.1, 0.15) is 5.60 Å². The standard InChI is InChI=1S/C14H29N3O4S/c1-6-16(7-2)22(19,20)15-11-12-9-8-10-17(12)13(18)21-14(3,4)5/h12,15H,6-11H2,1-5H3. The van der Waals surface area contributed by atoms with Gasteiger partial charge in [-0.3, -0.25) is 0 Å². The van der Waals surface area contributed by atoms with E-state index in [9.17, 15) is 13.2 Å². The SMILES string of the molecule is CCN(CC)S(=O)(=O)NCC1CCCN1C(=O)OC(C)(C)C. The van der Waals surface area contributed by atoms with Crippen molar-refractivity contribution in [1.82, 2.24) is 13.9 Å². The van der Waals surface area contributed by atoms with Crippen LogP contribution in [-0.2, 0) is 14.9 Å². The van der Waals surface area contributed by atoms with Crippen molar-refractivity contribution in [3.63, 3.8) is 0 Å². The third kappa shape index (κ3) is 5.40. The van der Waals surface area contributed by atoms with Gasteiger partial charge in [-0.25, -0.2) is 9.52 Å². The van der Waals surface area contributed by atoms with Crippen LogP contribution in [0.15, 0.2) is 0 Å². The van der Waals surface area contributed by atoms with E-state index in [1.54, 1.807) is 18.7 Å². The van der Waals surface area contributed by atoms with Gasteiger partial charge in [0, 0.05) is 32.2 Å². The van der Waals surface area contributed by atoms with Gasteiger partial charge in [-0.15, -0.1) is 0 Å². The largest absolute Gasteiger partial charge is 0.444 e. The molecule has 1 aliphatic heterocycles. The molecule has 1 amide bonds. The smallest absolute Gasteiger partial charge is 0.410 e. The average Bonchev–Trinajstić information content (AvgIpc) is 2.84. The number of ether oxygens (including phenoxy) is 1. The van der Waals surface area contributed by atoms with E-state index in [2.05, 4.69) is 4.72 Å². The second-order valence-electron chi connectivity index (χ2n) is 6.41. The summed E-state index contributed by atoms with van der Waals surface area (Å²) >= 11 is 0. The molecule has 1 N–H and O–H groups in total. The summed E-state index contributed by atoms with van der Waals surface area (Å²) in [6.07, 6.45) is 1.26. The number of likely N-dealkylation sites (tertiary alicyclic amines) is 1. The number of amides is 1. The van der Waals surface area contributed by atoms with Gasteiger partial charge in [-0.05, 0) is 33.6 Å². The van der Waals surface area contributed by atoms with Gasteiger partial charge in [0.15, 0.2) is 0 Å². The van der Waals surface area contributed by atoms with Crippen LogP contribution in [0.25, 0.3) is 0 Å². The van der Waals surface area contributed by atoms with Crippen molar-refractivity contribution < 1.29 is 17.9 Å². The number of rotatable bonds is 6. The first-order valence-electron chi connectivity index (χ1n) is 7.85. The number of carbonyl (C=O) groups excluding carboxylic acids is 1. The highest BCUT2D eigenvalue weighted by Crippen LogP contribution is 2.20. The van der Waals surface area contributed by atoms with Gasteiger partial charge in [-0.1, -0.05) is 13.8 Å². The van der Waals surface area contributed by atoms with Crippen molar-refractivity contribution in [2.75, 3.05) is 26.2 Å². The van der Waals surface area contributed by atoms with E-state index in [0.29, 0.717) is 19.6 Å². The molecule has 1 fully saturated rings. The van der Waals surface area contributed by atoms with Crippen molar-refractivity contribution in [3.8, 4) is 0 Å². The highest BCUT2D eigenvalue weighted by Gasteiger charge is 2.33. The number of hydrogen-bond donors (Lipinski definition) is 1. The molecule has 1 atom stereocenters. The van der Waals surface area contributed by atoms with Crippen LogP contribution in [0.4, 0.5) is 4.79 Å². The molecular weight excluding hydrogens is 306 g/mol. The summed E-state index contributed by atoms with van der Waals surface area (Å²) in [5.41, 5.74) is -0.551. The predicted molar refractivity (Wildman–Crippen MR) is 85.8 cm³/mol. The van der Waals surface area contributed by atoms with Gasteiger partial charge < -0.3 is 9.64 Å². The maximum atomic E-state index is 12.2. The first-order chi connectivity index (χ1) is 10.1. The van der Waals surface area contributed by atoms with Gasteiger partial charge in [-0.2, -0.15) is 12.7 Å². The average molecular weight is 335 g/mol. The van der Waals surface area contributed by atoms with Crippen LogP contribution in [0.3, 0.4) is 0 Å². The second-order valence-corrected chi connectivity index (χ2v) is 8.16. The van der Waals surface area contributed by atoms with Crippen LogP contribution in [-0.4, -0.2) is 61.5 Å². The summed E-state index contributed by atoms with van der Waals surface area (Å²) < 4.78 is 33.6. The lowest BCUT2D eigenvalue weighted by Crippen LogP contribution is -2.48. The Balaban J connectivity index is 2.63. The lowest BCUT2D eigenvalue weighted by atomic mass is 10.2. The zero-order valence-electron chi connectivity index (χ0n) is 14.3. The van der Waals surface area contributed by atoms with E-state index < -0.39 is 15.8 Å². The fourth-order valence-corrected chi connectivity index (χ4v) is 3.73. The quantitative estimate of drug-likeness (QED) is 0.799. The molecule has 1 aliphatic rings. The molecule has 0 spiro atoms. The monoisotopic (exact) mass is 335 g/mol. The fourth-order valence-electron chi connectivity index (χ4n) is 2.47. The summed E-state index contributed by atoms with van der Waals surface area (Å²) in [7, 11) is -3.49. The van der Waals surface area contributed by atoms with Gasteiger partial charge >= 0.3 is 6.09 Å². The van der Waals surface area contributed by atoms with Gasteiger partial charge in [0.2, 0.25) is 0 Å². The van der Waals surface area contributed by atoms with Gasteiger partial charge in [0.25, 0.3) is 10.2 Å². The van der Waals surface area contributed by atoms with Crippen LogP contribution >= 0.6 is 0 Å². The molecular formula is C14H29N3O4S. The fraction of sp³-hybridized carbons (Fsp3) is 0.929. The molecule has 1 rings (SSSR count). The molecule has 1 unspecified atom stereocenters. The lowest BCUT2D eigenvalue weighted by Gasteiger charge is -2.29. The Morgan fingerprint density at radius 1 is 1.32 bits per heavy atom. The Kier molecular flexibility index (Phi) is 6.64. The Hall–Kier alpha value is -0.860. The van der Waals surface area contributed by atoms with Crippen molar-refractivity contribution in [1.29, 1.82) is 0 Å². The Bertz CT molecular complexity index is 469. The molecule has 0 saturated carbocycles. The molecule has 7 nitrogen and oxygen atoms in total. The third-order valence-corrected chi connectivity index (χ3v) is 5.28. The van der Waals surface area contributed by atoms with Crippen molar-refractivity contribution in [3.05, 3.63) is 0 Å². The number of nitrogens with zero attached hydrogens (tertiary/aromatic N) is 2. The Morgan fingerprint density at radius 2 is 1.91 bits per heavy atom. The molecule has 130 valence electrons.